The SMILES string of the molecule is COCCN(CCO)c1ccncc1[N+](=O)[O-]. The van der Waals surface area contributed by atoms with Gasteiger partial charge in [0.05, 0.1) is 18.1 Å². The molecule has 1 rings (SSSR count). The molecule has 0 spiro atoms. The highest BCUT2D eigenvalue weighted by atomic mass is 16.6. The standard InChI is InChI=1S/C10H15N3O4/c1-17-7-5-12(4-6-14)9-2-3-11-8-10(9)13(15)16/h2-3,8,14H,4-7H2,1H3. The predicted octanol–water partition coefficient (Wildman–Crippen LogP) is 0.435. The molecule has 0 saturated carbocycles. The van der Waals surface area contributed by atoms with Crippen LogP contribution in [0.15, 0.2) is 18.5 Å². The van der Waals surface area contributed by atoms with E-state index in [1.165, 1.54) is 12.4 Å². The lowest BCUT2D eigenvalue weighted by atomic mass is 10.3. The Kier molecular flexibility index (Phi) is 5.31. The van der Waals surface area contributed by atoms with Gasteiger partial charge in [-0.05, 0) is 6.07 Å². The summed E-state index contributed by atoms with van der Waals surface area (Å²) in [6.45, 7) is 1.14. The maximum Gasteiger partial charge on any atom is 0.310 e. The summed E-state index contributed by atoms with van der Waals surface area (Å²) in [5.41, 5.74) is 0.369. The van der Waals surface area contributed by atoms with Crippen LogP contribution in [0.4, 0.5) is 11.4 Å². The first-order valence-corrected chi connectivity index (χ1v) is 5.14. The lowest BCUT2D eigenvalue weighted by Gasteiger charge is -2.22. The molecule has 0 fully saturated rings. The monoisotopic (exact) mass is 241 g/mol. The number of aliphatic hydroxyl groups excluding tert-OH is 1. The smallest absolute Gasteiger partial charge is 0.310 e. The second-order valence-electron chi connectivity index (χ2n) is 3.32. The number of nitrogens with zero attached hydrogens (tertiary/aromatic N) is 3. The molecule has 17 heavy (non-hydrogen) atoms. The van der Waals surface area contributed by atoms with Crippen molar-refractivity contribution in [3.8, 4) is 0 Å². The van der Waals surface area contributed by atoms with E-state index in [2.05, 4.69) is 4.98 Å². The summed E-state index contributed by atoms with van der Waals surface area (Å²) in [7, 11) is 1.55. The molecule has 94 valence electrons. The van der Waals surface area contributed by atoms with Gasteiger partial charge in [-0.15, -0.1) is 0 Å². The van der Waals surface area contributed by atoms with Crippen LogP contribution in [-0.2, 0) is 4.74 Å². The molecule has 1 aromatic heterocycles. The van der Waals surface area contributed by atoms with Gasteiger partial charge in [0.1, 0.15) is 11.9 Å². The van der Waals surface area contributed by atoms with E-state index < -0.39 is 4.92 Å². The van der Waals surface area contributed by atoms with Crippen molar-refractivity contribution in [2.75, 3.05) is 38.3 Å². The fraction of sp³-hybridized carbons (Fsp3) is 0.500. The fourth-order valence-electron chi connectivity index (χ4n) is 1.46. The molecule has 0 saturated heterocycles. The maximum absolute atomic E-state index is 10.8. The van der Waals surface area contributed by atoms with Crippen molar-refractivity contribution in [1.29, 1.82) is 0 Å². The summed E-state index contributed by atoms with van der Waals surface area (Å²) in [6, 6.07) is 1.56. The van der Waals surface area contributed by atoms with Crippen LogP contribution < -0.4 is 4.90 Å². The molecule has 0 radical (unpaired) electrons. The summed E-state index contributed by atoms with van der Waals surface area (Å²) in [6.07, 6.45) is 2.69. The number of aromatic nitrogens is 1. The van der Waals surface area contributed by atoms with Gasteiger partial charge in [-0.3, -0.25) is 15.1 Å². The van der Waals surface area contributed by atoms with Crippen LogP contribution in [0.3, 0.4) is 0 Å². The summed E-state index contributed by atoms with van der Waals surface area (Å²) < 4.78 is 4.93. The minimum absolute atomic E-state index is 0.0722. The van der Waals surface area contributed by atoms with E-state index in [1.807, 2.05) is 0 Å². The number of pyridine rings is 1. The Hall–Kier alpha value is -1.73. The van der Waals surface area contributed by atoms with Gasteiger partial charge in [-0.1, -0.05) is 0 Å². The Morgan fingerprint density at radius 3 is 2.94 bits per heavy atom. The first kappa shape index (κ1) is 13.3. The third kappa shape index (κ3) is 3.65. The minimum Gasteiger partial charge on any atom is -0.395 e. The molecular weight excluding hydrogens is 226 g/mol. The second-order valence-corrected chi connectivity index (χ2v) is 3.32. The predicted molar refractivity (Wildman–Crippen MR) is 62.1 cm³/mol. The third-order valence-electron chi connectivity index (χ3n) is 2.25. The van der Waals surface area contributed by atoms with E-state index in [1.54, 1.807) is 18.1 Å². The molecule has 0 amide bonds. The Morgan fingerprint density at radius 2 is 2.35 bits per heavy atom. The number of rotatable bonds is 7. The number of anilines is 1. The number of ether oxygens (including phenoxy) is 1. The van der Waals surface area contributed by atoms with E-state index in [0.29, 0.717) is 25.4 Å². The van der Waals surface area contributed by atoms with Crippen LogP contribution in [-0.4, -0.2) is 48.4 Å². The van der Waals surface area contributed by atoms with Gasteiger partial charge in [0, 0.05) is 26.4 Å². The van der Waals surface area contributed by atoms with Crippen LogP contribution in [0.25, 0.3) is 0 Å². The third-order valence-corrected chi connectivity index (χ3v) is 2.25. The van der Waals surface area contributed by atoms with E-state index in [0.717, 1.165) is 0 Å². The summed E-state index contributed by atoms with van der Waals surface area (Å²) in [4.78, 5) is 15.8. The molecule has 0 atom stereocenters. The number of hydrogen-bond donors (Lipinski definition) is 1. The summed E-state index contributed by atoms with van der Waals surface area (Å²) >= 11 is 0. The average Bonchev–Trinajstić information content (AvgIpc) is 2.34. The van der Waals surface area contributed by atoms with Crippen LogP contribution in [0.1, 0.15) is 0 Å². The fourth-order valence-corrected chi connectivity index (χ4v) is 1.46. The topological polar surface area (TPSA) is 88.7 Å². The lowest BCUT2D eigenvalue weighted by molar-refractivity contribution is -0.384. The van der Waals surface area contributed by atoms with Crippen molar-refractivity contribution in [2.24, 2.45) is 0 Å². The first-order chi connectivity index (χ1) is 8.20. The van der Waals surface area contributed by atoms with Crippen molar-refractivity contribution < 1.29 is 14.8 Å². The Morgan fingerprint density at radius 1 is 1.59 bits per heavy atom. The van der Waals surface area contributed by atoms with Crippen molar-refractivity contribution in [3.05, 3.63) is 28.6 Å². The van der Waals surface area contributed by atoms with Gasteiger partial charge in [-0.2, -0.15) is 0 Å². The zero-order chi connectivity index (χ0) is 12.7. The minimum atomic E-state index is -0.487. The molecule has 7 nitrogen and oxygen atoms in total. The van der Waals surface area contributed by atoms with Gasteiger partial charge in [-0.25, -0.2) is 0 Å². The van der Waals surface area contributed by atoms with Crippen molar-refractivity contribution in [3.63, 3.8) is 0 Å². The van der Waals surface area contributed by atoms with E-state index in [4.69, 9.17) is 9.84 Å². The molecule has 1 aromatic rings. The first-order valence-electron chi connectivity index (χ1n) is 5.14. The number of nitro groups is 1. The molecule has 1 heterocycles. The average molecular weight is 241 g/mol. The molecular formula is C10H15N3O4. The van der Waals surface area contributed by atoms with Gasteiger partial charge < -0.3 is 14.7 Å². The molecule has 0 aromatic carbocycles. The number of hydrogen-bond acceptors (Lipinski definition) is 6. The van der Waals surface area contributed by atoms with E-state index >= 15 is 0 Å². The highest BCUT2D eigenvalue weighted by Gasteiger charge is 2.18. The Balaban J connectivity index is 2.95. The second kappa shape index (κ2) is 6.77. The highest BCUT2D eigenvalue weighted by molar-refractivity contribution is 5.61. The molecule has 1 N–H and O–H groups in total. The van der Waals surface area contributed by atoms with E-state index in [-0.39, 0.29) is 12.3 Å². The highest BCUT2D eigenvalue weighted by Crippen LogP contribution is 2.25. The van der Waals surface area contributed by atoms with Crippen LogP contribution in [0.5, 0.6) is 0 Å². The van der Waals surface area contributed by atoms with E-state index in [9.17, 15) is 10.1 Å². The van der Waals surface area contributed by atoms with Crippen molar-refractivity contribution >= 4 is 11.4 Å². The molecule has 0 aliphatic carbocycles. The number of aliphatic hydroxyl groups is 1. The van der Waals surface area contributed by atoms with Crippen molar-refractivity contribution in [1.82, 2.24) is 4.98 Å². The molecule has 0 aliphatic rings. The number of methoxy groups -OCH3 is 1. The molecule has 0 aliphatic heterocycles. The van der Waals surface area contributed by atoms with Gasteiger partial charge >= 0.3 is 5.69 Å². The van der Waals surface area contributed by atoms with Gasteiger partial charge in [0.2, 0.25) is 0 Å². The molecule has 7 heteroatoms. The Bertz CT molecular complexity index is 372. The van der Waals surface area contributed by atoms with Crippen LogP contribution in [0.2, 0.25) is 0 Å². The molecule has 0 unspecified atom stereocenters. The van der Waals surface area contributed by atoms with Crippen LogP contribution in [0, 0.1) is 10.1 Å². The lowest BCUT2D eigenvalue weighted by Crippen LogP contribution is -2.30. The normalized spacial score (nSPS) is 10.2. The van der Waals surface area contributed by atoms with Crippen LogP contribution >= 0.6 is 0 Å². The van der Waals surface area contributed by atoms with Crippen molar-refractivity contribution in [2.45, 2.75) is 0 Å². The Labute approximate surface area is 98.8 Å². The quantitative estimate of drug-likeness (QED) is 0.550. The summed E-state index contributed by atoms with van der Waals surface area (Å²) in [5.74, 6) is 0. The maximum atomic E-state index is 10.8. The zero-order valence-electron chi connectivity index (χ0n) is 9.57. The van der Waals surface area contributed by atoms with Gasteiger partial charge in [0.15, 0.2) is 0 Å². The zero-order valence-corrected chi connectivity index (χ0v) is 9.57. The van der Waals surface area contributed by atoms with Gasteiger partial charge in [0.25, 0.3) is 0 Å². The molecule has 0 bridgehead atoms. The largest absolute Gasteiger partial charge is 0.395 e. The summed E-state index contributed by atoms with van der Waals surface area (Å²) in [5, 5.41) is 19.8.